The summed E-state index contributed by atoms with van der Waals surface area (Å²) in [6.45, 7) is 7.05. The monoisotopic (exact) mass is 1140 g/mol. The van der Waals surface area contributed by atoms with Crippen molar-refractivity contribution in [1.82, 2.24) is 0 Å². The molecule has 19 heteroatoms. The van der Waals surface area contributed by atoms with Gasteiger partial charge in [0.15, 0.2) is 12.2 Å². The molecule has 0 spiro atoms. The lowest BCUT2D eigenvalue weighted by molar-refractivity contribution is -0.161. The van der Waals surface area contributed by atoms with Gasteiger partial charge in [0.25, 0.3) is 0 Å². The van der Waals surface area contributed by atoms with Gasteiger partial charge < -0.3 is 33.8 Å². The van der Waals surface area contributed by atoms with E-state index in [0.29, 0.717) is 25.7 Å². The molecule has 0 saturated carbocycles. The highest BCUT2D eigenvalue weighted by atomic mass is 31.2. The Bertz CT molecular complexity index is 1520. The minimum atomic E-state index is -4.94. The van der Waals surface area contributed by atoms with E-state index in [4.69, 9.17) is 37.0 Å². The molecule has 0 aromatic rings. The number of aliphatic hydroxyl groups excluding tert-OH is 1. The normalized spacial score (nSPS) is 14.8. The predicted octanol–water partition coefficient (Wildman–Crippen LogP) is 15.5. The molecule has 0 rings (SSSR count). The van der Waals surface area contributed by atoms with Crippen molar-refractivity contribution in [3.63, 3.8) is 0 Å². The van der Waals surface area contributed by atoms with Gasteiger partial charge in [0.1, 0.15) is 19.3 Å². The SMILES string of the molecule is CCCCCCCCCCCCCC(=O)O[C@H](COC(=O)CCCCCCCCC(C)CC)COP(=O)(O)OC[C@@H](O)COP(=O)(O)OC[C@@H](COC(=O)CCCCCCCCC)OC(=O)CCCCCCCCCCC. The Kier molecular flexibility index (Phi) is 50.8. The molecule has 3 N–H and O–H groups in total. The number of hydrogen-bond acceptors (Lipinski definition) is 15. The summed E-state index contributed by atoms with van der Waals surface area (Å²) in [5, 5.41) is 10.5. The van der Waals surface area contributed by atoms with Gasteiger partial charge in [0.05, 0.1) is 26.4 Å². The van der Waals surface area contributed by atoms with E-state index in [9.17, 15) is 43.2 Å². The van der Waals surface area contributed by atoms with Gasteiger partial charge in [-0.1, -0.05) is 234 Å². The molecule has 0 bridgehead atoms. The van der Waals surface area contributed by atoms with Crippen molar-refractivity contribution in [3.8, 4) is 0 Å². The molecular formula is C58H112O17P2. The van der Waals surface area contributed by atoms with Crippen molar-refractivity contribution in [3.05, 3.63) is 0 Å². The zero-order valence-corrected chi connectivity index (χ0v) is 50.9. The number of unbranched alkanes of at least 4 members (excludes halogenated alkanes) is 29. The minimum Gasteiger partial charge on any atom is -0.462 e. The van der Waals surface area contributed by atoms with Crippen LogP contribution in [0.4, 0.5) is 0 Å². The molecule has 0 heterocycles. The second kappa shape index (κ2) is 52.2. The summed E-state index contributed by atoms with van der Waals surface area (Å²) in [6, 6.07) is 0. The average molecular weight is 1140 g/mol. The van der Waals surface area contributed by atoms with Gasteiger partial charge in [-0.15, -0.1) is 0 Å². The number of rotatable bonds is 58. The van der Waals surface area contributed by atoms with Gasteiger partial charge in [-0.2, -0.15) is 0 Å². The van der Waals surface area contributed by atoms with E-state index in [-0.39, 0.29) is 25.7 Å². The first-order valence-electron chi connectivity index (χ1n) is 30.7. The first-order chi connectivity index (χ1) is 37.1. The Morgan fingerprint density at radius 3 is 0.922 bits per heavy atom. The topological polar surface area (TPSA) is 237 Å². The third-order valence-corrected chi connectivity index (χ3v) is 15.5. The van der Waals surface area contributed by atoms with Crippen LogP contribution in [0, 0.1) is 5.92 Å². The quantitative estimate of drug-likeness (QED) is 0.0222. The molecule has 0 aliphatic rings. The van der Waals surface area contributed by atoms with Crippen molar-refractivity contribution in [1.29, 1.82) is 0 Å². The van der Waals surface area contributed by atoms with Crippen molar-refractivity contribution >= 4 is 39.5 Å². The molecule has 6 atom stereocenters. The lowest BCUT2D eigenvalue weighted by Crippen LogP contribution is -2.30. The van der Waals surface area contributed by atoms with E-state index in [2.05, 4.69) is 34.6 Å². The Hall–Kier alpha value is -1.94. The molecule has 17 nitrogen and oxygen atoms in total. The molecule has 456 valence electrons. The maximum atomic E-state index is 12.9. The Morgan fingerprint density at radius 1 is 0.364 bits per heavy atom. The smallest absolute Gasteiger partial charge is 0.462 e. The molecule has 0 aliphatic carbocycles. The van der Waals surface area contributed by atoms with Gasteiger partial charge in [0.2, 0.25) is 0 Å². The van der Waals surface area contributed by atoms with Crippen molar-refractivity contribution in [2.24, 2.45) is 5.92 Å². The molecule has 0 aromatic carbocycles. The fourth-order valence-electron chi connectivity index (χ4n) is 8.49. The molecular weight excluding hydrogens is 1030 g/mol. The van der Waals surface area contributed by atoms with Crippen LogP contribution in [-0.4, -0.2) is 96.7 Å². The van der Waals surface area contributed by atoms with Crippen LogP contribution < -0.4 is 0 Å². The number of carbonyl (C=O) groups is 4. The summed E-state index contributed by atoms with van der Waals surface area (Å²) in [6.07, 6.45) is 33.5. The highest BCUT2D eigenvalue weighted by Crippen LogP contribution is 2.45. The second-order valence-electron chi connectivity index (χ2n) is 21.3. The highest BCUT2D eigenvalue weighted by molar-refractivity contribution is 7.47. The van der Waals surface area contributed by atoms with Crippen LogP contribution in [0.3, 0.4) is 0 Å². The number of ether oxygens (including phenoxy) is 4. The summed E-state index contributed by atoms with van der Waals surface area (Å²) in [4.78, 5) is 71.7. The predicted molar refractivity (Wildman–Crippen MR) is 303 cm³/mol. The van der Waals surface area contributed by atoms with E-state index in [1.165, 1.54) is 89.9 Å². The van der Waals surface area contributed by atoms with Crippen molar-refractivity contribution < 1.29 is 80.2 Å². The molecule has 0 saturated heterocycles. The molecule has 0 fully saturated rings. The lowest BCUT2D eigenvalue weighted by atomic mass is 10.00. The standard InChI is InChI=1S/C58H112O17P2/c1-6-10-13-16-19-21-22-24-27-34-39-44-58(63)75-54(48-69-56(61)42-37-32-29-28-30-35-40-51(5)9-4)50-73-77(66,67)71-46-52(59)45-70-76(64,65)72-49-53(47-68-55(60)41-36-31-25-18-15-12-8-3)74-57(62)43-38-33-26-23-20-17-14-11-7-2/h51-54,59H,6-50H2,1-5H3,(H,64,65)(H,66,67)/t51?,52-,53+,54+/m0/s1. The van der Waals surface area contributed by atoms with Crippen molar-refractivity contribution in [2.75, 3.05) is 39.6 Å². The number of aliphatic hydroxyl groups is 1. The van der Waals surface area contributed by atoms with Crippen LogP contribution >= 0.6 is 15.6 Å². The lowest BCUT2D eigenvalue weighted by Gasteiger charge is -2.21. The Morgan fingerprint density at radius 2 is 0.623 bits per heavy atom. The number of hydrogen-bond donors (Lipinski definition) is 3. The molecule has 3 unspecified atom stereocenters. The van der Waals surface area contributed by atoms with E-state index >= 15 is 0 Å². The summed E-state index contributed by atoms with van der Waals surface area (Å²) >= 11 is 0. The molecule has 0 amide bonds. The van der Waals surface area contributed by atoms with Crippen LogP contribution in [0.15, 0.2) is 0 Å². The fourth-order valence-corrected chi connectivity index (χ4v) is 10.1. The third-order valence-electron chi connectivity index (χ3n) is 13.6. The van der Waals surface area contributed by atoms with Gasteiger partial charge >= 0.3 is 39.5 Å². The van der Waals surface area contributed by atoms with Gasteiger partial charge in [-0.05, 0) is 31.6 Å². The van der Waals surface area contributed by atoms with E-state index in [0.717, 1.165) is 115 Å². The second-order valence-corrected chi connectivity index (χ2v) is 24.2. The maximum absolute atomic E-state index is 12.9. The van der Waals surface area contributed by atoms with E-state index < -0.39 is 97.5 Å². The van der Waals surface area contributed by atoms with E-state index in [1.807, 2.05) is 0 Å². The zero-order valence-electron chi connectivity index (χ0n) is 49.1. The van der Waals surface area contributed by atoms with Crippen LogP contribution in [0.2, 0.25) is 0 Å². The van der Waals surface area contributed by atoms with Crippen LogP contribution in [0.5, 0.6) is 0 Å². The average Bonchev–Trinajstić information content (AvgIpc) is 3.40. The zero-order chi connectivity index (χ0) is 57.1. The Labute approximate surface area is 467 Å². The molecule has 0 aliphatic heterocycles. The first kappa shape index (κ1) is 75.1. The van der Waals surface area contributed by atoms with Crippen LogP contribution in [-0.2, 0) is 65.4 Å². The number of carbonyl (C=O) groups excluding carboxylic acids is 4. The molecule has 0 aromatic heterocycles. The molecule has 0 radical (unpaired) electrons. The first-order valence-corrected chi connectivity index (χ1v) is 33.7. The van der Waals surface area contributed by atoms with Gasteiger partial charge in [-0.25, -0.2) is 9.13 Å². The highest BCUT2D eigenvalue weighted by Gasteiger charge is 2.30. The summed E-state index contributed by atoms with van der Waals surface area (Å²) < 4.78 is 67.6. The summed E-state index contributed by atoms with van der Waals surface area (Å²) in [7, 11) is -9.87. The maximum Gasteiger partial charge on any atom is 0.472 e. The number of phosphoric ester groups is 2. The van der Waals surface area contributed by atoms with Crippen molar-refractivity contribution in [2.45, 2.75) is 303 Å². The largest absolute Gasteiger partial charge is 0.472 e. The van der Waals surface area contributed by atoms with Gasteiger partial charge in [-0.3, -0.25) is 37.3 Å². The fraction of sp³-hybridized carbons (Fsp3) is 0.931. The summed E-state index contributed by atoms with van der Waals surface area (Å²) in [5.41, 5.74) is 0. The third kappa shape index (κ3) is 51.9. The van der Waals surface area contributed by atoms with Crippen LogP contribution in [0.25, 0.3) is 0 Å². The summed E-state index contributed by atoms with van der Waals surface area (Å²) in [5.74, 6) is -1.42. The Balaban J connectivity index is 5.22. The van der Waals surface area contributed by atoms with Gasteiger partial charge in [0, 0.05) is 25.7 Å². The number of phosphoric acid groups is 2. The number of esters is 4. The minimum absolute atomic E-state index is 0.105. The van der Waals surface area contributed by atoms with E-state index in [1.54, 1.807) is 0 Å². The van der Waals surface area contributed by atoms with Crippen LogP contribution in [0.1, 0.15) is 285 Å². The molecule has 77 heavy (non-hydrogen) atoms.